The third-order valence-corrected chi connectivity index (χ3v) is 11.8. The summed E-state index contributed by atoms with van der Waals surface area (Å²) in [6, 6.07) is 20.6. The van der Waals surface area contributed by atoms with Crippen molar-refractivity contribution in [2.24, 2.45) is 7.05 Å². The predicted octanol–water partition coefficient (Wildman–Crippen LogP) is 6.80. The molecule has 1 aliphatic heterocycles. The van der Waals surface area contributed by atoms with Gasteiger partial charge in [-0.3, -0.25) is 18.7 Å². The normalized spacial score (nSPS) is 17.4. The number of hydrogen-bond donors (Lipinski definition) is 3. The van der Waals surface area contributed by atoms with Crippen molar-refractivity contribution in [3.63, 3.8) is 0 Å². The maximum absolute atomic E-state index is 13.8. The van der Waals surface area contributed by atoms with E-state index in [4.69, 9.17) is 4.74 Å². The van der Waals surface area contributed by atoms with Gasteiger partial charge in [0.25, 0.3) is 11.5 Å². The third kappa shape index (κ3) is 6.44. The fourth-order valence-corrected chi connectivity index (χ4v) is 8.59. The van der Waals surface area contributed by atoms with E-state index < -0.39 is 28.1 Å². The zero-order valence-electron chi connectivity index (χ0n) is 29.7. The van der Waals surface area contributed by atoms with Gasteiger partial charge in [-0.15, -0.1) is 15.9 Å². The van der Waals surface area contributed by atoms with E-state index in [0.717, 1.165) is 38.9 Å². The minimum Gasteiger partial charge on any atom is -0.487 e. The maximum atomic E-state index is 13.8. The van der Waals surface area contributed by atoms with Gasteiger partial charge in [0, 0.05) is 37.8 Å². The van der Waals surface area contributed by atoms with Gasteiger partial charge in [-0.25, -0.2) is 4.68 Å². The quantitative estimate of drug-likeness (QED) is 0.153. The third-order valence-electron chi connectivity index (χ3n) is 9.83. The average Bonchev–Trinajstić information content (AvgIpc) is 3.47. The van der Waals surface area contributed by atoms with Gasteiger partial charge in [0.15, 0.2) is 0 Å². The number of pyridine rings is 1. The highest BCUT2D eigenvalue weighted by molar-refractivity contribution is 8.22. The number of nitrogens with zero attached hydrogens (tertiary/aromatic N) is 5. The number of benzene rings is 3. The summed E-state index contributed by atoms with van der Waals surface area (Å²) in [5.74, 6) is -0.373. The lowest BCUT2D eigenvalue weighted by Crippen LogP contribution is -2.50. The van der Waals surface area contributed by atoms with Crippen LogP contribution in [0, 0.1) is 13.8 Å². The van der Waals surface area contributed by atoms with Crippen LogP contribution in [-0.4, -0.2) is 57.1 Å². The number of carbonyl (C=O) groups excluding carboxylic acids is 1. The Balaban J connectivity index is 1.46. The summed E-state index contributed by atoms with van der Waals surface area (Å²) in [5, 5.41) is 12.1. The molecule has 0 fully saturated rings. The van der Waals surface area contributed by atoms with E-state index in [-0.39, 0.29) is 23.8 Å². The van der Waals surface area contributed by atoms with Crippen molar-refractivity contribution >= 4 is 27.7 Å². The minimum atomic E-state index is -3.37. The molecule has 50 heavy (non-hydrogen) atoms. The van der Waals surface area contributed by atoms with Crippen molar-refractivity contribution in [1.29, 1.82) is 0 Å². The molecule has 12 heteroatoms. The highest BCUT2D eigenvalue weighted by Gasteiger charge is 2.38. The number of aromatic nitrogens is 4. The van der Waals surface area contributed by atoms with Gasteiger partial charge in [-0.2, -0.15) is 4.31 Å². The first-order valence-corrected chi connectivity index (χ1v) is 18.5. The molecule has 0 saturated heterocycles. The lowest BCUT2D eigenvalue weighted by molar-refractivity contribution is 0.0903. The molecule has 2 aromatic heterocycles. The molecule has 0 saturated carbocycles. The first-order chi connectivity index (χ1) is 23.8. The molecule has 5 aromatic rings. The smallest absolute Gasteiger partial charge is 0.263 e. The number of fused-ring (bicyclic) bond motifs is 2. The van der Waals surface area contributed by atoms with Crippen LogP contribution in [0.15, 0.2) is 82.6 Å². The SMILES string of the molecule is CCC1CN(Cc2cc([C@@H](c3ccc4c(nnn4CC)c3C)C(C)(C)NC(=O)c3cccn(C)c3=O)ccc2C)S(O)(O)c2ccccc2O1. The molecular weight excluding hydrogens is 653 g/mol. The Morgan fingerprint density at radius 2 is 1.84 bits per heavy atom. The van der Waals surface area contributed by atoms with E-state index in [2.05, 4.69) is 33.8 Å². The molecule has 2 atom stereocenters. The van der Waals surface area contributed by atoms with Crippen molar-refractivity contribution in [2.75, 3.05) is 6.54 Å². The highest BCUT2D eigenvalue weighted by Crippen LogP contribution is 2.57. The number of carbonyl (C=O) groups is 1. The number of para-hydroxylation sites is 1. The second-order valence-corrected chi connectivity index (χ2v) is 15.6. The van der Waals surface area contributed by atoms with Crippen LogP contribution in [0.4, 0.5) is 0 Å². The molecule has 0 bridgehead atoms. The number of rotatable bonds is 9. The number of nitrogens with one attached hydrogen (secondary N) is 1. The molecule has 3 aromatic carbocycles. The topological polar surface area (TPSA) is 135 Å². The second kappa shape index (κ2) is 13.7. The van der Waals surface area contributed by atoms with Crippen LogP contribution in [0.25, 0.3) is 11.0 Å². The summed E-state index contributed by atoms with van der Waals surface area (Å²) in [6.07, 6.45) is 2.09. The van der Waals surface area contributed by atoms with Gasteiger partial charge in [0.2, 0.25) is 0 Å². The molecule has 6 rings (SSSR count). The Morgan fingerprint density at radius 1 is 1.08 bits per heavy atom. The van der Waals surface area contributed by atoms with Crippen molar-refractivity contribution in [1.82, 2.24) is 29.2 Å². The lowest BCUT2D eigenvalue weighted by atomic mass is 9.74. The minimum absolute atomic E-state index is 0.0591. The molecule has 1 aliphatic rings. The van der Waals surface area contributed by atoms with E-state index in [1.165, 1.54) is 10.6 Å². The number of amides is 1. The van der Waals surface area contributed by atoms with E-state index >= 15 is 0 Å². The fraction of sp³-hybridized carbons (Fsp3) is 0.368. The number of aryl methyl sites for hydroxylation is 4. The summed E-state index contributed by atoms with van der Waals surface area (Å²) < 4.78 is 34.7. The van der Waals surface area contributed by atoms with Gasteiger partial charge < -0.3 is 14.6 Å². The fourth-order valence-electron chi connectivity index (χ4n) is 6.98. The molecule has 1 amide bonds. The molecule has 0 spiro atoms. The van der Waals surface area contributed by atoms with Crippen LogP contribution >= 0.6 is 10.8 Å². The molecule has 11 nitrogen and oxygen atoms in total. The van der Waals surface area contributed by atoms with E-state index in [1.807, 2.05) is 64.4 Å². The Kier molecular flexibility index (Phi) is 9.66. The van der Waals surface area contributed by atoms with Crippen LogP contribution in [0.2, 0.25) is 0 Å². The van der Waals surface area contributed by atoms with Crippen molar-refractivity contribution < 1.29 is 18.6 Å². The summed E-state index contributed by atoms with van der Waals surface area (Å²) in [5.41, 5.74) is 5.18. The van der Waals surface area contributed by atoms with Crippen LogP contribution < -0.4 is 15.6 Å². The van der Waals surface area contributed by atoms with E-state index in [1.54, 1.807) is 41.8 Å². The summed E-state index contributed by atoms with van der Waals surface area (Å²) in [6.45, 7) is 13.3. The van der Waals surface area contributed by atoms with Crippen molar-refractivity contribution in [3.05, 3.63) is 117 Å². The van der Waals surface area contributed by atoms with Gasteiger partial charge in [-0.05, 0) is 99.2 Å². The molecule has 0 radical (unpaired) electrons. The standard InChI is InChI=1S/C38H46N6O5S/c1-8-28-23-43(50(47,48)33-15-11-10-14-32(33)49-28)22-27-21-26(17-16-24(27)3)34(29-18-19-31-35(25(29)4)40-41-44(31)9-2)38(5,6)39-36(45)30-13-12-20-42(7)37(30)46/h10-21,28,34,47-48H,8-9,22-23H2,1-7H3,(H,39,45)/t28?,34-/m0/s1. The van der Waals surface area contributed by atoms with Gasteiger partial charge in [-0.1, -0.05) is 48.5 Å². The van der Waals surface area contributed by atoms with Crippen molar-refractivity contribution in [2.45, 2.75) is 83.5 Å². The zero-order chi connectivity index (χ0) is 36.0. The molecule has 3 heterocycles. The van der Waals surface area contributed by atoms with E-state index in [0.29, 0.717) is 30.2 Å². The monoisotopic (exact) mass is 698 g/mol. The molecule has 3 N–H and O–H groups in total. The van der Waals surface area contributed by atoms with Gasteiger partial charge >= 0.3 is 0 Å². The van der Waals surface area contributed by atoms with E-state index in [9.17, 15) is 18.7 Å². The van der Waals surface area contributed by atoms with Crippen LogP contribution in [0.3, 0.4) is 0 Å². The second-order valence-electron chi connectivity index (χ2n) is 13.6. The average molecular weight is 699 g/mol. The molecular formula is C38H46N6O5S. The van der Waals surface area contributed by atoms with Crippen LogP contribution in [-0.2, 0) is 20.1 Å². The molecule has 264 valence electrons. The van der Waals surface area contributed by atoms with Crippen LogP contribution in [0.5, 0.6) is 5.75 Å². The maximum Gasteiger partial charge on any atom is 0.263 e. The number of ether oxygens (including phenoxy) is 1. The summed E-state index contributed by atoms with van der Waals surface area (Å²) in [7, 11) is -1.75. The van der Waals surface area contributed by atoms with Gasteiger partial charge in [0.05, 0.1) is 12.1 Å². The Hall–Kier alpha value is -4.49. The number of hydrogen-bond acceptors (Lipinski definition) is 8. The Morgan fingerprint density at radius 3 is 2.58 bits per heavy atom. The first-order valence-electron chi connectivity index (χ1n) is 17.0. The summed E-state index contributed by atoms with van der Waals surface area (Å²) in [4.78, 5) is 27.1. The molecule has 1 unspecified atom stereocenters. The highest BCUT2D eigenvalue weighted by atomic mass is 32.3. The lowest BCUT2D eigenvalue weighted by Gasteiger charge is -2.42. The van der Waals surface area contributed by atoms with Crippen molar-refractivity contribution in [3.8, 4) is 5.75 Å². The predicted molar refractivity (Wildman–Crippen MR) is 197 cm³/mol. The Labute approximate surface area is 294 Å². The first kappa shape index (κ1) is 35.3. The zero-order valence-corrected chi connectivity index (χ0v) is 30.5. The largest absolute Gasteiger partial charge is 0.487 e. The van der Waals surface area contributed by atoms with Gasteiger partial charge in [0.1, 0.15) is 27.8 Å². The molecule has 0 aliphatic carbocycles. The Bertz CT molecular complexity index is 2120. The van der Waals surface area contributed by atoms with Crippen LogP contribution in [0.1, 0.15) is 78.2 Å². The summed E-state index contributed by atoms with van der Waals surface area (Å²) >= 11 is 0.